The van der Waals surface area contributed by atoms with Crippen LogP contribution >= 0.6 is 0 Å². The van der Waals surface area contributed by atoms with Gasteiger partial charge in [0.2, 0.25) is 0 Å². The first-order valence-corrected chi connectivity index (χ1v) is 7.64. The van der Waals surface area contributed by atoms with Gasteiger partial charge in [-0.15, -0.1) is 0 Å². The normalized spacial score (nSPS) is 11.9. The van der Waals surface area contributed by atoms with Gasteiger partial charge in [-0.2, -0.15) is 0 Å². The smallest absolute Gasteiger partial charge is 0.0799 e. The summed E-state index contributed by atoms with van der Waals surface area (Å²) in [6, 6.07) is 0. The maximum Gasteiger partial charge on any atom is 0.0799 e. The van der Waals surface area contributed by atoms with Gasteiger partial charge in [0.15, 0.2) is 0 Å². The third-order valence-electron chi connectivity index (χ3n) is 1.53. The Balaban J connectivity index is -0.000000579. The summed E-state index contributed by atoms with van der Waals surface area (Å²) in [5.74, 6) is 0. The molecule has 1 atom stereocenters. The minimum absolute atomic E-state index is 0.565. The molecule has 0 aliphatic heterocycles. The fourth-order valence-corrected chi connectivity index (χ4v) is 1.59. The third kappa shape index (κ3) is 14.5. The summed E-state index contributed by atoms with van der Waals surface area (Å²) < 4.78 is 11.7. The molecular formula is C17H28OS. The van der Waals surface area contributed by atoms with Crippen LogP contribution in [0, 0.1) is 0 Å². The zero-order valence-electron chi connectivity index (χ0n) is 13.0. The second kappa shape index (κ2) is 18.9. The predicted octanol–water partition coefficient (Wildman–Crippen LogP) is 5.69. The Morgan fingerprint density at radius 1 is 0.947 bits per heavy atom. The van der Waals surface area contributed by atoms with Crippen LogP contribution in [0.15, 0.2) is 72.1 Å². The van der Waals surface area contributed by atoms with E-state index in [1.165, 1.54) is 0 Å². The van der Waals surface area contributed by atoms with Gasteiger partial charge < -0.3 is 0 Å². The Bertz CT molecular complexity index is 357. The summed E-state index contributed by atoms with van der Waals surface area (Å²) in [5, 5.41) is 0. The predicted molar refractivity (Wildman–Crippen MR) is 92.4 cm³/mol. The molecule has 0 radical (unpaired) electrons. The van der Waals surface area contributed by atoms with Crippen LogP contribution in [0.3, 0.4) is 0 Å². The van der Waals surface area contributed by atoms with Crippen LogP contribution in [0.4, 0.5) is 0 Å². The Morgan fingerprint density at radius 3 is 1.84 bits per heavy atom. The summed E-state index contributed by atoms with van der Waals surface area (Å²) in [7, 11) is -1.17. The first-order valence-electron chi connectivity index (χ1n) is 6.49. The number of hydrogen-bond acceptors (Lipinski definition) is 1. The average molecular weight is 280 g/mol. The van der Waals surface area contributed by atoms with Gasteiger partial charge in [0.1, 0.15) is 0 Å². The van der Waals surface area contributed by atoms with Crippen LogP contribution in [0.25, 0.3) is 0 Å². The van der Waals surface area contributed by atoms with Gasteiger partial charge >= 0.3 is 0 Å². The van der Waals surface area contributed by atoms with Crippen molar-refractivity contribution in [3.05, 3.63) is 72.1 Å². The van der Waals surface area contributed by atoms with Crippen LogP contribution in [-0.2, 0) is 10.8 Å². The van der Waals surface area contributed by atoms with Crippen molar-refractivity contribution in [3.8, 4) is 0 Å². The maximum absolute atomic E-state index is 11.7. The van der Waals surface area contributed by atoms with Crippen molar-refractivity contribution in [1.82, 2.24) is 0 Å². The molecule has 2 heteroatoms. The SMILES string of the molecule is C=C/C=C\C=C(/C)S(=O)C(=C)/C=C\C=C.CC.CC. The third-order valence-corrected chi connectivity index (χ3v) is 2.86. The zero-order chi connectivity index (χ0) is 15.7. The topological polar surface area (TPSA) is 17.1 Å². The molecule has 0 spiro atoms. The van der Waals surface area contributed by atoms with Crippen molar-refractivity contribution in [2.75, 3.05) is 0 Å². The minimum Gasteiger partial charge on any atom is -0.249 e. The lowest BCUT2D eigenvalue weighted by Gasteiger charge is -1.99. The lowest BCUT2D eigenvalue weighted by molar-refractivity contribution is 0.691. The van der Waals surface area contributed by atoms with Crippen molar-refractivity contribution >= 4 is 10.8 Å². The molecule has 108 valence electrons. The Labute approximate surface area is 122 Å². The van der Waals surface area contributed by atoms with Crippen LogP contribution in [-0.4, -0.2) is 4.21 Å². The van der Waals surface area contributed by atoms with E-state index in [-0.39, 0.29) is 0 Å². The summed E-state index contributed by atoms with van der Waals surface area (Å²) in [5.41, 5.74) is 0. The number of allylic oxidation sites excluding steroid dienone is 8. The van der Waals surface area contributed by atoms with E-state index in [1.54, 1.807) is 49.5 Å². The minimum atomic E-state index is -1.17. The zero-order valence-corrected chi connectivity index (χ0v) is 13.8. The molecule has 0 saturated heterocycles. The molecule has 1 nitrogen and oxygen atoms in total. The summed E-state index contributed by atoms with van der Waals surface area (Å²) in [6.07, 6.45) is 12.1. The van der Waals surface area contributed by atoms with Crippen molar-refractivity contribution in [3.63, 3.8) is 0 Å². The summed E-state index contributed by atoms with van der Waals surface area (Å²) in [4.78, 5) is 1.32. The quantitative estimate of drug-likeness (QED) is 0.571. The van der Waals surface area contributed by atoms with Crippen molar-refractivity contribution < 1.29 is 4.21 Å². The Hall–Kier alpha value is -1.41. The molecule has 0 aromatic heterocycles. The van der Waals surface area contributed by atoms with Gasteiger partial charge in [-0.3, -0.25) is 0 Å². The Morgan fingerprint density at radius 2 is 1.42 bits per heavy atom. The van der Waals surface area contributed by atoms with Crippen molar-refractivity contribution in [1.29, 1.82) is 0 Å². The van der Waals surface area contributed by atoms with Gasteiger partial charge in [-0.1, -0.05) is 83.9 Å². The summed E-state index contributed by atoms with van der Waals surface area (Å²) in [6.45, 7) is 20.6. The van der Waals surface area contributed by atoms with Crippen molar-refractivity contribution in [2.24, 2.45) is 0 Å². The number of rotatable bonds is 6. The molecule has 1 unspecified atom stereocenters. The van der Waals surface area contributed by atoms with E-state index in [2.05, 4.69) is 19.7 Å². The van der Waals surface area contributed by atoms with Gasteiger partial charge in [0, 0.05) is 9.81 Å². The molecule has 19 heavy (non-hydrogen) atoms. The van der Waals surface area contributed by atoms with Crippen LogP contribution < -0.4 is 0 Å². The molecule has 0 bridgehead atoms. The lowest BCUT2D eigenvalue weighted by atomic mass is 10.4. The molecule has 0 fully saturated rings. The largest absolute Gasteiger partial charge is 0.249 e. The second-order valence-electron chi connectivity index (χ2n) is 2.73. The van der Waals surface area contributed by atoms with Crippen LogP contribution in [0.2, 0.25) is 0 Å². The number of hydrogen-bond donors (Lipinski definition) is 0. The first kappa shape index (κ1) is 22.7. The van der Waals surface area contributed by atoms with E-state index < -0.39 is 10.8 Å². The summed E-state index contributed by atoms with van der Waals surface area (Å²) >= 11 is 0. The highest BCUT2D eigenvalue weighted by Crippen LogP contribution is 2.11. The average Bonchev–Trinajstić information content (AvgIpc) is 2.48. The lowest BCUT2D eigenvalue weighted by Crippen LogP contribution is -1.91. The standard InChI is InChI=1S/C13H16OS.2C2H6/c1-5-7-9-11-13(4)15(14)12(3)10-8-6-2;2*1-2/h5-11H,1-3H2,4H3;2*1-2H3/b9-7-,10-8-,13-11+;;. The van der Waals surface area contributed by atoms with Gasteiger partial charge in [-0.05, 0) is 13.0 Å². The maximum atomic E-state index is 11.7. The van der Waals surface area contributed by atoms with E-state index in [9.17, 15) is 4.21 Å². The molecule has 0 heterocycles. The van der Waals surface area contributed by atoms with Gasteiger partial charge in [0.25, 0.3) is 0 Å². The fraction of sp³-hybridized carbons (Fsp3) is 0.294. The van der Waals surface area contributed by atoms with Crippen LogP contribution in [0.1, 0.15) is 34.6 Å². The highest BCUT2D eigenvalue weighted by atomic mass is 32.2. The highest BCUT2D eigenvalue weighted by molar-refractivity contribution is 7.93. The van der Waals surface area contributed by atoms with Crippen LogP contribution in [0.5, 0.6) is 0 Å². The van der Waals surface area contributed by atoms with Crippen molar-refractivity contribution in [2.45, 2.75) is 34.6 Å². The molecule has 0 rings (SSSR count). The monoisotopic (exact) mass is 280 g/mol. The molecular weight excluding hydrogens is 252 g/mol. The first-order chi connectivity index (χ1) is 9.13. The van der Waals surface area contributed by atoms with Gasteiger partial charge in [0.05, 0.1) is 10.8 Å². The van der Waals surface area contributed by atoms with Gasteiger partial charge in [-0.25, -0.2) is 4.21 Å². The molecule has 0 aliphatic carbocycles. The second-order valence-corrected chi connectivity index (χ2v) is 4.43. The Kier molecular flexibility index (Phi) is 22.7. The fourth-order valence-electron chi connectivity index (χ4n) is 0.775. The molecule has 0 N–H and O–H groups in total. The molecule has 0 amide bonds. The van der Waals surface area contributed by atoms with E-state index in [1.807, 2.05) is 27.7 Å². The molecule has 0 aliphatic rings. The molecule has 0 saturated carbocycles. The highest BCUT2D eigenvalue weighted by Gasteiger charge is 2.02. The van der Waals surface area contributed by atoms with E-state index in [0.29, 0.717) is 4.91 Å². The van der Waals surface area contributed by atoms with E-state index in [4.69, 9.17) is 0 Å². The molecule has 0 aromatic carbocycles. The van der Waals surface area contributed by atoms with E-state index >= 15 is 0 Å². The molecule has 0 aromatic rings. The van der Waals surface area contributed by atoms with E-state index in [0.717, 1.165) is 4.91 Å².